The average molecular weight is 407 g/mol. The van der Waals surface area contributed by atoms with Gasteiger partial charge in [0.25, 0.3) is 0 Å². The summed E-state index contributed by atoms with van der Waals surface area (Å²) < 4.78 is 0. The lowest BCUT2D eigenvalue weighted by Crippen LogP contribution is -2.28. The van der Waals surface area contributed by atoms with E-state index in [0.717, 1.165) is 21.9 Å². The lowest BCUT2D eigenvalue weighted by molar-refractivity contribution is -0.113. The van der Waals surface area contributed by atoms with Crippen molar-refractivity contribution in [1.29, 1.82) is 0 Å². The van der Waals surface area contributed by atoms with Crippen LogP contribution >= 0.6 is 11.6 Å². The quantitative estimate of drug-likeness (QED) is 0.382. The maximum absolute atomic E-state index is 12.9. The highest BCUT2D eigenvalue weighted by atomic mass is 35.5. The third kappa shape index (κ3) is 3.26. The summed E-state index contributed by atoms with van der Waals surface area (Å²) >= 11 is 6.23. The predicted octanol–water partition coefficient (Wildman–Crippen LogP) is 4.11. The fourth-order valence-corrected chi connectivity index (χ4v) is 4.13. The molecule has 146 valence electrons. The molecule has 2 heterocycles. The number of fused-ring (bicyclic) bond motifs is 3. The number of hydrogen-bond donors (Lipinski definition) is 2. The summed E-state index contributed by atoms with van der Waals surface area (Å²) in [6.07, 6.45) is 1.60. The molecule has 0 saturated heterocycles. The highest BCUT2D eigenvalue weighted by molar-refractivity contribution is 6.19. The zero-order chi connectivity index (χ0) is 20.7. The number of amides is 1. The van der Waals surface area contributed by atoms with Crippen molar-refractivity contribution in [2.24, 2.45) is 0 Å². The maximum atomic E-state index is 12.9. The summed E-state index contributed by atoms with van der Waals surface area (Å²) in [4.78, 5) is 28.7. The molecule has 1 atom stereocenters. The molecule has 2 N–H and O–H groups in total. The van der Waals surface area contributed by atoms with Gasteiger partial charge in [-0.2, -0.15) is 0 Å². The number of aromatic nitrogens is 1. The molecule has 6 heteroatoms. The van der Waals surface area contributed by atoms with Crippen molar-refractivity contribution in [1.82, 2.24) is 4.98 Å². The van der Waals surface area contributed by atoms with E-state index in [1.54, 1.807) is 23.2 Å². The minimum absolute atomic E-state index is 0.0433. The van der Waals surface area contributed by atoms with E-state index < -0.39 is 0 Å². The molecule has 1 amide bonds. The summed E-state index contributed by atoms with van der Waals surface area (Å²) in [5, 5.41) is 12.2. The largest absolute Gasteiger partial charge is 0.507 e. The lowest BCUT2D eigenvalue weighted by Gasteiger charge is -2.16. The van der Waals surface area contributed by atoms with E-state index in [-0.39, 0.29) is 23.4 Å². The van der Waals surface area contributed by atoms with Gasteiger partial charge in [0.2, 0.25) is 0 Å². The molecule has 0 aliphatic carbocycles. The van der Waals surface area contributed by atoms with Crippen LogP contribution in [0.5, 0.6) is 5.75 Å². The van der Waals surface area contributed by atoms with Crippen LogP contribution < -0.4 is 4.90 Å². The van der Waals surface area contributed by atoms with Gasteiger partial charge in [0.15, 0.2) is 5.78 Å². The van der Waals surface area contributed by atoms with Crippen LogP contribution in [0.3, 0.4) is 0 Å². The number of carbonyl (C=O) groups excluding carboxylic acids is 2. The van der Waals surface area contributed by atoms with E-state index in [4.69, 9.17) is 11.6 Å². The number of halogens is 1. The van der Waals surface area contributed by atoms with Crippen LogP contribution in [0.25, 0.3) is 10.8 Å². The molecule has 1 aliphatic heterocycles. The van der Waals surface area contributed by atoms with Crippen molar-refractivity contribution >= 4 is 39.8 Å². The van der Waals surface area contributed by atoms with Crippen LogP contribution in [0.1, 0.15) is 40.0 Å². The number of aromatic hydroxyl groups is 1. The van der Waals surface area contributed by atoms with Gasteiger partial charge in [-0.1, -0.05) is 24.1 Å². The van der Waals surface area contributed by atoms with Crippen molar-refractivity contribution in [2.45, 2.75) is 19.8 Å². The van der Waals surface area contributed by atoms with Gasteiger partial charge in [-0.05, 0) is 29.5 Å². The Kier molecular flexibility index (Phi) is 4.81. The van der Waals surface area contributed by atoms with Gasteiger partial charge in [0.1, 0.15) is 5.75 Å². The van der Waals surface area contributed by atoms with Gasteiger partial charge < -0.3 is 15.0 Å². The van der Waals surface area contributed by atoms with E-state index in [1.807, 2.05) is 25.1 Å². The minimum atomic E-state index is -0.378. The maximum Gasteiger partial charge on any atom is 0.303 e. The van der Waals surface area contributed by atoms with Gasteiger partial charge in [0, 0.05) is 54.4 Å². The topological polar surface area (TPSA) is 73.4 Å². The number of benzene rings is 2. The van der Waals surface area contributed by atoms with Crippen molar-refractivity contribution < 1.29 is 14.7 Å². The van der Waals surface area contributed by atoms with Gasteiger partial charge in [-0.15, -0.1) is 11.6 Å². The number of nitrogens with zero attached hydrogens (tertiary/aromatic N) is 1. The molecule has 0 radical (unpaired) electrons. The molecule has 1 unspecified atom stereocenters. The van der Waals surface area contributed by atoms with Crippen molar-refractivity contribution in [3.05, 3.63) is 58.9 Å². The number of Topliss-reactive ketones (excluding diaryl/α,β-unsaturated/α-hetero) is 1. The lowest BCUT2D eigenvalue weighted by atomic mass is 9.92. The molecule has 1 aromatic heterocycles. The Morgan fingerprint density at radius 1 is 1.34 bits per heavy atom. The second-order valence-corrected chi connectivity index (χ2v) is 7.51. The van der Waals surface area contributed by atoms with Crippen LogP contribution in [0.4, 0.5) is 5.69 Å². The number of H-pyrrole nitrogens is 1. The highest BCUT2D eigenvalue weighted by Gasteiger charge is 2.34. The number of ketones is 1. The van der Waals surface area contributed by atoms with Gasteiger partial charge in [-0.25, -0.2) is 0 Å². The number of hydrogen-bond acceptors (Lipinski definition) is 3. The third-order valence-corrected chi connectivity index (χ3v) is 5.65. The Balaban J connectivity index is 1.76. The minimum Gasteiger partial charge on any atom is -0.507 e. The van der Waals surface area contributed by atoms with Crippen LogP contribution in [-0.2, 0) is 4.79 Å². The Bertz CT molecular complexity index is 1220. The van der Waals surface area contributed by atoms with E-state index >= 15 is 0 Å². The van der Waals surface area contributed by atoms with Gasteiger partial charge in [-0.3, -0.25) is 9.59 Å². The summed E-state index contributed by atoms with van der Waals surface area (Å²) in [5.41, 5.74) is 3.65. The van der Waals surface area contributed by atoms with E-state index in [2.05, 4.69) is 16.8 Å². The first-order chi connectivity index (χ1) is 13.9. The molecule has 2 aromatic carbocycles. The molecule has 1 aliphatic rings. The smallest absolute Gasteiger partial charge is 0.303 e. The first-order valence-electron chi connectivity index (χ1n) is 9.24. The van der Waals surface area contributed by atoms with E-state index in [0.29, 0.717) is 29.4 Å². The Morgan fingerprint density at radius 2 is 2.14 bits per heavy atom. The molecule has 0 bridgehead atoms. The second kappa shape index (κ2) is 7.31. The summed E-state index contributed by atoms with van der Waals surface area (Å²) in [6, 6.07) is 8.98. The normalized spacial score (nSPS) is 15.1. The summed E-state index contributed by atoms with van der Waals surface area (Å²) in [7, 11) is 0. The molecule has 4 rings (SSSR count). The fourth-order valence-electron chi connectivity index (χ4n) is 3.88. The SMILES string of the molecule is CC(=O)c1cc(C#CC(=O)N2CC(CCl)c3c2cc(O)c2cccc(C)c32)c[nH]1. The molecular weight excluding hydrogens is 388 g/mol. The van der Waals surface area contributed by atoms with Crippen LogP contribution in [0.2, 0.25) is 0 Å². The van der Waals surface area contributed by atoms with Crippen LogP contribution in [0.15, 0.2) is 36.5 Å². The molecule has 0 fully saturated rings. The Hall–Kier alpha value is -3.23. The first kappa shape index (κ1) is 19.1. The third-order valence-electron chi connectivity index (χ3n) is 5.28. The standard InChI is InChI=1S/C23H19ClN2O3/c1-13-4-3-5-17-20(28)9-19-23(22(13)17)16(10-24)12-26(19)21(29)7-6-15-8-18(14(2)27)25-11-15/h3-5,8-9,11,16,25,28H,10,12H2,1-2H3. The number of anilines is 1. The zero-order valence-corrected chi connectivity index (χ0v) is 16.8. The van der Waals surface area contributed by atoms with Crippen LogP contribution in [-0.4, -0.2) is 34.2 Å². The predicted molar refractivity (Wildman–Crippen MR) is 114 cm³/mol. The van der Waals surface area contributed by atoms with E-state index in [9.17, 15) is 14.7 Å². The number of alkyl halides is 1. The van der Waals surface area contributed by atoms with Gasteiger partial charge in [0.05, 0.1) is 11.4 Å². The molecule has 29 heavy (non-hydrogen) atoms. The number of carbonyl (C=O) groups is 2. The number of rotatable bonds is 2. The Morgan fingerprint density at radius 3 is 2.83 bits per heavy atom. The van der Waals surface area contributed by atoms with Crippen molar-refractivity contribution in [2.75, 3.05) is 17.3 Å². The van der Waals surface area contributed by atoms with Crippen LogP contribution in [0, 0.1) is 18.8 Å². The monoisotopic (exact) mass is 406 g/mol. The average Bonchev–Trinajstić information content (AvgIpc) is 3.31. The molecule has 0 spiro atoms. The highest BCUT2D eigenvalue weighted by Crippen LogP contribution is 2.46. The van der Waals surface area contributed by atoms with Gasteiger partial charge >= 0.3 is 5.91 Å². The molecule has 3 aromatic rings. The number of phenolic OH excluding ortho intramolecular Hbond substituents is 1. The number of phenols is 1. The van der Waals surface area contributed by atoms with Crippen molar-refractivity contribution in [3.63, 3.8) is 0 Å². The number of aromatic amines is 1. The summed E-state index contributed by atoms with van der Waals surface area (Å²) in [6.45, 7) is 3.85. The number of aryl methyl sites for hydroxylation is 1. The molecule has 5 nitrogen and oxygen atoms in total. The first-order valence-corrected chi connectivity index (χ1v) is 9.78. The fraction of sp³-hybridized carbons (Fsp3) is 0.217. The molecule has 0 saturated carbocycles. The second-order valence-electron chi connectivity index (χ2n) is 7.20. The molecular formula is C23H19ClN2O3. The van der Waals surface area contributed by atoms with E-state index in [1.165, 1.54) is 6.92 Å². The Labute approximate surface area is 173 Å². The number of nitrogens with one attached hydrogen (secondary N) is 1. The van der Waals surface area contributed by atoms with Crippen molar-refractivity contribution in [3.8, 4) is 17.6 Å². The summed E-state index contributed by atoms with van der Waals surface area (Å²) in [5.74, 6) is 5.41. The zero-order valence-electron chi connectivity index (χ0n) is 16.0.